The van der Waals surface area contributed by atoms with Crippen LogP contribution in [0.1, 0.15) is 47.6 Å². The quantitative estimate of drug-likeness (QED) is 0.138. The predicted octanol–water partition coefficient (Wildman–Crippen LogP) is 5.00. The van der Waals surface area contributed by atoms with E-state index in [1.165, 1.54) is 11.0 Å². The molecule has 0 bridgehead atoms. The molecule has 1 aliphatic heterocycles. The number of hydrogen-bond donors (Lipinski definition) is 4. The summed E-state index contributed by atoms with van der Waals surface area (Å²) < 4.78 is 21.1. The molecule has 0 saturated carbocycles. The summed E-state index contributed by atoms with van der Waals surface area (Å²) in [5.41, 5.74) is 2.82. The number of H-pyrrole nitrogens is 1. The van der Waals surface area contributed by atoms with E-state index in [0.717, 1.165) is 9.13 Å². The minimum Gasteiger partial charge on any atom is -0.491 e. The minimum atomic E-state index is -1.01. The Morgan fingerprint density at radius 2 is 1.81 bits per heavy atom. The average molecular weight is 685 g/mol. The molecule has 2 unspecified atom stereocenters. The zero-order valence-electron chi connectivity index (χ0n) is 22.9. The Balaban J connectivity index is 1.49. The van der Waals surface area contributed by atoms with E-state index in [2.05, 4.69) is 10.3 Å². The van der Waals surface area contributed by atoms with E-state index in [4.69, 9.17) is 14.8 Å². The first-order valence-electron chi connectivity index (χ1n) is 13.4. The summed E-state index contributed by atoms with van der Waals surface area (Å²) in [6.07, 6.45) is -1.01. The number of aromatic nitrogens is 2. The van der Waals surface area contributed by atoms with Gasteiger partial charge in [-0.3, -0.25) is 9.69 Å². The Bertz CT molecular complexity index is 1580. The summed E-state index contributed by atoms with van der Waals surface area (Å²) in [6.45, 7) is 3.17. The van der Waals surface area contributed by atoms with E-state index in [0.29, 0.717) is 34.1 Å². The maximum absolute atomic E-state index is 14.9. The zero-order chi connectivity index (χ0) is 30.0. The summed E-state index contributed by atoms with van der Waals surface area (Å²) in [7, 11) is 0. The molecule has 1 saturated heterocycles. The molecule has 1 aliphatic rings. The third kappa shape index (κ3) is 6.03. The van der Waals surface area contributed by atoms with Crippen molar-refractivity contribution in [2.24, 2.45) is 0 Å². The maximum atomic E-state index is 14.9. The number of aromatic amines is 1. The van der Waals surface area contributed by atoms with Crippen LogP contribution in [0.4, 0.5) is 9.18 Å². The molecule has 1 fully saturated rings. The molecule has 4 aromatic rings. The Kier molecular flexibility index (Phi) is 8.90. The second-order valence-corrected chi connectivity index (χ2v) is 11.4. The standard InChI is InChI=1S/C31H30FIN4O5/c1-17(19-6-4-3-5-7-19)28(29-34-18(2)26(35-29)24-13-10-21(33)14-25(24)32)37-30(40)27(36-31(37)41)20-8-11-23(12-9-20)42-16-22(39)15-38/h3-14,17,22,27-28,38-39H,15-16H2,1-2H3,(H,34,35)(H,36,41)/t17-,22?,27?,28-/m0/s1. The first-order valence-corrected chi connectivity index (χ1v) is 14.5. The van der Waals surface area contributed by atoms with Gasteiger partial charge in [0.1, 0.15) is 42.2 Å². The molecule has 2 heterocycles. The molecule has 3 aromatic carbocycles. The van der Waals surface area contributed by atoms with Gasteiger partial charge < -0.3 is 25.3 Å². The lowest BCUT2D eigenvalue weighted by Crippen LogP contribution is -2.38. The third-order valence-corrected chi connectivity index (χ3v) is 7.97. The highest BCUT2D eigenvalue weighted by molar-refractivity contribution is 14.1. The number of benzene rings is 3. The van der Waals surface area contributed by atoms with Crippen molar-refractivity contribution < 1.29 is 28.9 Å². The Morgan fingerprint density at radius 3 is 2.48 bits per heavy atom. The van der Waals surface area contributed by atoms with Crippen molar-refractivity contribution in [2.45, 2.75) is 38.0 Å². The maximum Gasteiger partial charge on any atom is 0.325 e. The highest BCUT2D eigenvalue weighted by atomic mass is 127. The number of imide groups is 1. The van der Waals surface area contributed by atoms with E-state index in [-0.39, 0.29) is 12.5 Å². The number of hydrogen-bond acceptors (Lipinski definition) is 6. The lowest BCUT2D eigenvalue weighted by Gasteiger charge is -2.29. The molecular weight excluding hydrogens is 654 g/mol. The molecule has 0 aliphatic carbocycles. The van der Waals surface area contributed by atoms with E-state index < -0.39 is 42.6 Å². The summed E-state index contributed by atoms with van der Waals surface area (Å²) in [5.74, 6) is -0.397. The van der Waals surface area contributed by atoms with Gasteiger partial charge in [0.25, 0.3) is 5.91 Å². The fourth-order valence-corrected chi connectivity index (χ4v) is 5.54. The molecule has 3 amide bonds. The number of carbonyl (C=O) groups excluding carboxylic acids is 2. The number of nitrogens with zero attached hydrogens (tertiary/aromatic N) is 2. The number of aryl methyl sites for hydroxylation is 1. The van der Waals surface area contributed by atoms with Gasteiger partial charge in [0.05, 0.1) is 18.0 Å². The Morgan fingerprint density at radius 1 is 1.10 bits per heavy atom. The van der Waals surface area contributed by atoms with Crippen LogP contribution in [-0.2, 0) is 4.79 Å². The van der Waals surface area contributed by atoms with Crippen molar-refractivity contribution in [1.29, 1.82) is 0 Å². The van der Waals surface area contributed by atoms with Crippen LogP contribution in [0.15, 0.2) is 72.8 Å². The molecule has 9 nitrogen and oxygen atoms in total. The van der Waals surface area contributed by atoms with Crippen molar-refractivity contribution >= 4 is 34.5 Å². The van der Waals surface area contributed by atoms with Crippen molar-refractivity contribution in [3.05, 3.63) is 105 Å². The van der Waals surface area contributed by atoms with Gasteiger partial charge in [0.2, 0.25) is 0 Å². The van der Waals surface area contributed by atoms with Crippen LogP contribution >= 0.6 is 22.6 Å². The van der Waals surface area contributed by atoms with Gasteiger partial charge in [-0.25, -0.2) is 14.2 Å². The fourth-order valence-electron chi connectivity index (χ4n) is 5.08. The number of amides is 3. The van der Waals surface area contributed by atoms with Crippen molar-refractivity contribution in [1.82, 2.24) is 20.2 Å². The number of ether oxygens (including phenoxy) is 1. The molecule has 4 atom stereocenters. The van der Waals surface area contributed by atoms with Gasteiger partial charge in [-0.2, -0.15) is 0 Å². The number of rotatable bonds is 10. The monoisotopic (exact) mass is 684 g/mol. The first-order chi connectivity index (χ1) is 20.2. The highest BCUT2D eigenvalue weighted by Crippen LogP contribution is 2.40. The fraction of sp³-hybridized carbons (Fsp3) is 0.258. The van der Waals surface area contributed by atoms with E-state index in [9.17, 15) is 19.1 Å². The number of halogens is 2. The summed E-state index contributed by atoms with van der Waals surface area (Å²) in [6, 6.07) is 18.7. The number of carbonyl (C=O) groups is 2. The van der Waals surface area contributed by atoms with Crippen molar-refractivity contribution in [2.75, 3.05) is 13.2 Å². The lowest BCUT2D eigenvalue weighted by molar-refractivity contribution is -0.129. The largest absolute Gasteiger partial charge is 0.491 e. The van der Waals surface area contributed by atoms with Crippen molar-refractivity contribution in [3.8, 4) is 17.0 Å². The number of aliphatic hydroxyl groups excluding tert-OH is 2. The second kappa shape index (κ2) is 12.6. The van der Waals surface area contributed by atoms with Gasteiger partial charge in [-0.15, -0.1) is 0 Å². The molecule has 11 heteroatoms. The van der Waals surface area contributed by atoms with Crippen LogP contribution in [-0.4, -0.2) is 56.3 Å². The van der Waals surface area contributed by atoms with Crippen LogP contribution in [0.25, 0.3) is 11.3 Å². The van der Waals surface area contributed by atoms with E-state index >= 15 is 0 Å². The molecule has 4 N–H and O–H groups in total. The van der Waals surface area contributed by atoms with Crippen LogP contribution in [0, 0.1) is 16.3 Å². The van der Waals surface area contributed by atoms with Gasteiger partial charge >= 0.3 is 6.03 Å². The number of nitrogens with one attached hydrogen (secondary N) is 2. The van der Waals surface area contributed by atoms with Gasteiger partial charge in [0, 0.05) is 15.1 Å². The molecule has 5 rings (SSSR count). The summed E-state index contributed by atoms with van der Waals surface area (Å²) >= 11 is 2.05. The molecule has 0 spiro atoms. The SMILES string of the molecule is Cc1nc([C@H]([C@@H](C)c2ccccc2)N2C(=O)NC(c3ccc(OCC(O)CO)cc3)C2=O)[nH]c1-c1ccc(I)cc1F. The van der Waals surface area contributed by atoms with Crippen LogP contribution < -0.4 is 10.1 Å². The van der Waals surface area contributed by atoms with Crippen LogP contribution in [0.5, 0.6) is 5.75 Å². The number of urea groups is 1. The number of aliphatic hydroxyl groups is 2. The van der Waals surface area contributed by atoms with Gasteiger partial charge in [0.15, 0.2) is 0 Å². The van der Waals surface area contributed by atoms with Crippen LogP contribution in [0.2, 0.25) is 0 Å². The molecule has 1 aromatic heterocycles. The normalized spacial score (nSPS) is 17.2. The third-order valence-electron chi connectivity index (χ3n) is 7.30. The summed E-state index contributed by atoms with van der Waals surface area (Å²) in [5, 5.41) is 21.3. The van der Waals surface area contributed by atoms with Crippen molar-refractivity contribution in [3.63, 3.8) is 0 Å². The topological polar surface area (TPSA) is 128 Å². The van der Waals surface area contributed by atoms with Gasteiger partial charge in [-0.1, -0.05) is 49.4 Å². The smallest absolute Gasteiger partial charge is 0.325 e. The second-order valence-electron chi connectivity index (χ2n) is 10.2. The number of imidazole rings is 1. The molecule has 42 heavy (non-hydrogen) atoms. The average Bonchev–Trinajstić information content (AvgIpc) is 3.51. The lowest BCUT2D eigenvalue weighted by atomic mass is 9.91. The highest BCUT2D eigenvalue weighted by Gasteiger charge is 2.46. The minimum absolute atomic E-state index is 0.0849. The zero-order valence-corrected chi connectivity index (χ0v) is 25.1. The van der Waals surface area contributed by atoms with Gasteiger partial charge in [-0.05, 0) is 71.0 Å². The Labute approximate surface area is 255 Å². The first kappa shape index (κ1) is 29.7. The Hall–Kier alpha value is -3.81. The van der Waals surface area contributed by atoms with E-state index in [1.807, 2.05) is 59.8 Å². The molecule has 0 radical (unpaired) electrons. The summed E-state index contributed by atoms with van der Waals surface area (Å²) in [4.78, 5) is 36.5. The predicted molar refractivity (Wildman–Crippen MR) is 162 cm³/mol. The van der Waals surface area contributed by atoms with Crippen LogP contribution in [0.3, 0.4) is 0 Å². The molecule has 218 valence electrons. The van der Waals surface area contributed by atoms with E-state index in [1.54, 1.807) is 43.3 Å². The molecular formula is C31H30FIN4O5.